The number of carbonyl (C=O) groups excluding carboxylic acids is 2. The third-order valence-corrected chi connectivity index (χ3v) is 6.38. The van der Waals surface area contributed by atoms with Crippen molar-refractivity contribution in [1.29, 1.82) is 0 Å². The van der Waals surface area contributed by atoms with Crippen LogP contribution in [0, 0.1) is 6.92 Å². The number of aromatic amines is 1. The van der Waals surface area contributed by atoms with E-state index in [-0.39, 0.29) is 18.4 Å². The van der Waals surface area contributed by atoms with Gasteiger partial charge in [0.05, 0.1) is 17.7 Å². The number of H-pyrrole nitrogens is 1. The number of unbranched alkanes of at least 4 members (excludes halogenated alkanes) is 3. The fraction of sp³-hybridized carbons (Fsp3) is 0.500. The van der Waals surface area contributed by atoms with E-state index in [0.717, 1.165) is 17.4 Å². The highest BCUT2D eigenvalue weighted by Gasteiger charge is 2.45. The summed E-state index contributed by atoms with van der Waals surface area (Å²) < 4.78 is 12.6. The lowest BCUT2D eigenvalue weighted by Crippen LogP contribution is -2.40. The van der Waals surface area contributed by atoms with Crippen LogP contribution in [0.15, 0.2) is 40.1 Å². The zero-order valence-electron chi connectivity index (χ0n) is 19.4. The van der Waals surface area contributed by atoms with Crippen molar-refractivity contribution in [2.75, 3.05) is 19.8 Å². The van der Waals surface area contributed by atoms with E-state index in [9.17, 15) is 29.4 Å². The summed E-state index contributed by atoms with van der Waals surface area (Å²) in [7, 11) is 0. The summed E-state index contributed by atoms with van der Waals surface area (Å²) in [5, 5.41) is 20.0. The number of hydrogen-bond acceptors (Lipinski definition) is 8. The topological polar surface area (TPSA) is 151 Å². The molecule has 3 N–H and O–H groups in total. The molecule has 2 amide bonds. The maximum Gasteiger partial charge on any atom is 0.330 e. The molecular weight excluding hydrogens is 458 g/mol. The van der Waals surface area contributed by atoms with Crippen LogP contribution in [0.2, 0.25) is 0 Å². The highest BCUT2D eigenvalue weighted by atomic mass is 16.6. The molecule has 3 heterocycles. The summed E-state index contributed by atoms with van der Waals surface area (Å²) in [5.74, 6) is -0.525. The lowest BCUT2D eigenvalue weighted by Gasteiger charge is -2.22. The Hall–Kier alpha value is -3.12. The molecule has 1 fully saturated rings. The van der Waals surface area contributed by atoms with Gasteiger partial charge in [0.2, 0.25) is 0 Å². The number of fused-ring (bicyclic) bond motifs is 1. The van der Waals surface area contributed by atoms with Crippen molar-refractivity contribution in [3.8, 4) is 0 Å². The fourth-order valence-electron chi connectivity index (χ4n) is 4.44. The molecule has 188 valence electrons. The third kappa shape index (κ3) is 4.98. The second kappa shape index (κ2) is 10.6. The van der Waals surface area contributed by atoms with E-state index in [4.69, 9.17) is 9.47 Å². The SMILES string of the molecule is Cc1cn(C2O[C@H](CO)C(O)[C@@H]2OCCCCCCN2C(=O)c3ccccc3C2=O)c(=O)[nH]c1=O. The summed E-state index contributed by atoms with van der Waals surface area (Å²) in [5.41, 5.74) is -0.0289. The molecule has 2 aliphatic rings. The van der Waals surface area contributed by atoms with E-state index in [1.165, 1.54) is 11.1 Å². The minimum absolute atomic E-state index is 0.263. The molecule has 2 aromatic rings. The largest absolute Gasteiger partial charge is 0.394 e. The van der Waals surface area contributed by atoms with E-state index < -0.39 is 42.4 Å². The van der Waals surface area contributed by atoms with Crippen LogP contribution in [0.5, 0.6) is 0 Å². The number of amides is 2. The molecule has 1 aromatic carbocycles. The van der Waals surface area contributed by atoms with Gasteiger partial charge in [0.25, 0.3) is 17.4 Å². The van der Waals surface area contributed by atoms with Crippen LogP contribution >= 0.6 is 0 Å². The maximum absolute atomic E-state index is 12.4. The van der Waals surface area contributed by atoms with Gasteiger partial charge < -0.3 is 19.7 Å². The highest BCUT2D eigenvalue weighted by Crippen LogP contribution is 2.31. The number of aromatic nitrogens is 2. The number of benzene rings is 1. The van der Waals surface area contributed by atoms with Gasteiger partial charge in [-0.25, -0.2) is 4.79 Å². The Morgan fingerprint density at radius 2 is 1.69 bits per heavy atom. The van der Waals surface area contributed by atoms with Gasteiger partial charge in [0.15, 0.2) is 6.23 Å². The first-order valence-electron chi connectivity index (χ1n) is 11.7. The molecule has 0 spiro atoms. The van der Waals surface area contributed by atoms with E-state index in [0.29, 0.717) is 36.1 Å². The Bertz CT molecular complexity index is 1170. The second-order valence-electron chi connectivity index (χ2n) is 8.77. The molecule has 0 bridgehead atoms. The van der Waals surface area contributed by atoms with Crippen molar-refractivity contribution < 1.29 is 29.3 Å². The van der Waals surface area contributed by atoms with Crippen molar-refractivity contribution in [3.05, 3.63) is 68.0 Å². The second-order valence-corrected chi connectivity index (χ2v) is 8.77. The number of aliphatic hydroxyl groups excluding tert-OH is 2. The molecule has 11 heteroatoms. The number of aliphatic hydroxyl groups is 2. The molecule has 1 saturated heterocycles. The van der Waals surface area contributed by atoms with Crippen LogP contribution in [-0.2, 0) is 9.47 Å². The predicted molar refractivity (Wildman–Crippen MR) is 123 cm³/mol. The molecular formula is C24H29N3O8. The average molecular weight is 488 g/mol. The van der Waals surface area contributed by atoms with Crippen LogP contribution in [0.1, 0.15) is 58.2 Å². The maximum atomic E-state index is 12.4. The lowest BCUT2D eigenvalue weighted by atomic mass is 10.1. The van der Waals surface area contributed by atoms with Gasteiger partial charge in [-0.15, -0.1) is 0 Å². The van der Waals surface area contributed by atoms with Crippen LogP contribution < -0.4 is 11.2 Å². The normalized spacial score (nSPS) is 23.8. The van der Waals surface area contributed by atoms with Gasteiger partial charge in [0, 0.05) is 24.9 Å². The number of aryl methyl sites for hydroxylation is 1. The standard InChI is InChI=1S/C24H29N3O8/c1-14-12-27(24(33)25-20(14)30)23-19(18(29)17(13-28)35-23)34-11-7-3-2-6-10-26-21(31)15-8-4-5-9-16(15)22(26)32/h4-5,8-9,12,17-19,23,28-29H,2-3,6-7,10-11,13H2,1H3,(H,25,30,33)/t17-,18?,19+,23?/m1/s1. The first-order chi connectivity index (χ1) is 16.8. The minimum Gasteiger partial charge on any atom is -0.394 e. The number of carbonyl (C=O) groups is 2. The van der Waals surface area contributed by atoms with E-state index in [2.05, 4.69) is 4.98 Å². The highest BCUT2D eigenvalue weighted by molar-refractivity contribution is 6.21. The van der Waals surface area contributed by atoms with Crippen molar-refractivity contribution in [3.63, 3.8) is 0 Å². The molecule has 0 radical (unpaired) electrons. The van der Waals surface area contributed by atoms with Gasteiger partial charge in [-0.3, -0.25) is 28.8 Å². The van der Waals surface area contributed by atoms with Crippen molar-refractivity contribution in [2.24, 2.45) is 0 Å². The van der Waals surface area contributed by atoms with Gasteiger partial charge in [-0.1, -0.05) is 25.0 Å². The summed E-state index contributed by atoms with van der Waals surface area (Å²) in [6, 6.07) is 6.79. The molecule has 4 atom stereocenters. The number of hydrogen-bond donors (Lipinski definition) is 3. The Labute approximate surface area is 200 Å². The van der Waals surface area contributed by atoms with Crippen LogP contribution in [0.4, 0.5) is 0 Å². The van der Waals surface area contributed by atoms with Crippen molar-refractivity contribution >= 4 is 11.8 Å². The molecule has 1 aromatic heterocycles. The summed E-state index contributed by atoms with van der Waals surface area (Å²) in [4.78, 5) is 52.2. The predicted octanol–water partition coefficient (Wildman–Crippen LogP) is 0.337. The van der Waals surface area contributed by atoms with Crippen molar-refractivity contribution in [1.82, 2.24) is 14.5 Å². The molecule has 11 nitrogen and oxygen atoms in total. The number of rotatable bonds is 10. The van der Waals surface area contributed by atoms with E-state index in [1.807, 2.05) is 0 Å². The monoisotopic (exact) mass is 487 g/mol. The Morgan fingerprint density at radius 1 is 1.03 bits per heavy atom. The van der Waals surface area contributed by atoms with Gasteiger partial charge >= 0.3 is 5.69 Å². The Kier molecular flexibility index (Phi) is 7.60. The zero-order valence-corrected chi connectivity index (χ0v) is 19.4. The van der Waals surface area contributed by atoms with Gasteiger partial charge in [-0.05, 0) is 31.9 Å². The van der Waals surface area contributed by atoms with E-state index in [1.54, 1.807) is 31.2 Å². The van der Waals surface area contributed by atoms with Crippen LogP contribution in [0.25, 0.3) is 0 Å². The number of nitrogens with zero attached hydrogens (tertiary/aromatic N) is 2. The molecule has 4 rings (SSSR count). The summed E-state index contributed by atoms with van der Waals surface area (Å²) >= 11 is 0. The molecule has 35 heavy (non-hydrogen) atoms. The quantitative estimate of drug-likeness (QED) is 0.321. The third-order valence-electron chi connectivity index (χ3n) is 6.38. The fourth-order valence-corrected chi connectivity index (χ4v) is 4.44. The van der Waals surface area contributed by atoms with Gasteiger partial charge in [0.1, 0.15) is 18.3 Å². The molecule has 0 saturated carbocycles. The first-order valence-corrected chi connectivity index (χ1v) is 11.7. The van der Waals surface area contributed by atoms with E-state index >= 15 is 0 Å². The van der Waals surface area contributed by atoms with Crippen LogP contribution in [0.3, 0.4) is 0 Å². The molecule has 0 aliphatic carbocycles. The van der Waals surface area contributed by atoms with Crippen molar-refractivity contribution in [2.45, 2.75) is 57.1 Å². The Balaban J connectivity index is 1.26. The number of imide groups is 1. The molecule has 2 unspecified atom stereocenters. The Morgan fingerprint density at radius 3 is 2.34 bits per heavy atom. The smallest absolute Gasteiger partial charge is 0.330 e. The minimum atomic E-state index is -1.15. The average Bonchev–Trinajstić information content (AvgIpc) is 3.29. The lowest BCUT2D eigenvalue weighted by molar-refractivity contribution is -0.0750. The summed E-state index contributed by atoms with van der Waals surface area (Å²) in [6.45, 7) is 1.70. The molecule has 2 aliphatic heterocycles. The number of nitrogens with one attached hydrogen (secondary N) is 1. The van der Waals surface area contributed by atoms with Gasteiger partial charge in [-0.2, -0.15) is 0 Å². The zero-order chi connectivity index (χ0) is 25.1. The number of ether oxygens (including phenoxy) is 2. The first kappa shape index (κ1) is 25.0. The summed E-state index contributed by atoms with van der Waals surface area (Å²) in [6.07, 6.45) is 0.173. The van der Waals surface area contributed by atoms with Crippen LogP contribution in [-0.4, -0.2) is 74.5 Å².